The van der Waals surface area contributed by atoms with E-state index in [4.69, 9.17) is 4.42 Å². The van der Waals surface area contributed by atoms with Gasteiger partial charge >= 0.3 is 5.76 Å². The lowest BCUT2D eigenvalue weighted by atomic mass is 10.0. The van der Waals surface area contributed by atoms with Crippen LogP contribution in [-0.2, 0) is 11.3 Å². The molecule has 1 aromatic carbocycles. The van der Waals surface area contributed by atoms with Crippen molar-refractivity contribution in [2.75, 3.05) is 6.26 Å². The quantitative estimate of drug-likeness (QED) is 0.866. The standard InChI is InChI=1S/C17H20N2O3S/c1-23-13-8-11-6-7-12(9-13)19(11)16(20)10-18-14-4-2-3-5-15(14)22-17(18)21/h2-5,11-13H,6-10H2,1H3. The zero-order valence-corrected chi connectivity index (χ0v) is 13.9. The molecule has 0 N–H and O–H groups in total. The minimum atomic E-state index is -0.453. The number of aromatic nitrogens is 1. The number of rotatable bonds is 3. The highest BCUT2D eigenvalue weighted by Crippen LogP contribution is 2.39. The van der Waals surface area contributed by atoms with Crippen LogP contribution in [0, 0.1) is 0 Å². The predicted octanol–water partition coefficient (Wildman–Crippen LogP) is 2.48. The summed E-state index contributed by atoms with van der Waals surface area (Å²) in [7, 11) is 0. The van der Waals surface area contributed by atoms with E-state index in [1.165, 1.54) is 4.57 Å². The highest BCUT2D eigenvalue weighted by Gasteiger charge is 2.42. The van der Waals surface area contributed by atoms with E-state index in [1.807, 2.05) is 34.9 Å². The number of nitrogens with zero attached hydrogens (tertiary/aromatic N) is 2. The summed E-state index contributed by atoms with van der Waals surface area (Å²) >= 11 is 1.91. The highest BCUT2D eigenvalue weighted by atomic mass is 32.2. The Balaban J connectivity index is 1.59. The fraction of sp³-hybridized carbons (Fsp3) is 0.529. The Kier molecular flexibility index (Phi) is 3.71. The van der Waals surface area contributed by atoms with Crippen LogP contribution in [0.4, 0.5) is 0 Å². The van der Waals surface area contributed by atoms with Crippen molar-refractivity contribution in [1.82, 2.24) is 9.47 Å². The molecule has 2 aliphatic heterocycles. The van der Waals surface area contributed by atoms with E-state index >= 15 is 0 Å². The lowest BCUT2D eigenvalue weighted by Gasteiger charge is -2.38. The van der Waals surface area contributed by atoms with Crippen LogP contribution in [-0.4, -0.2) is 39.0 Å². The molecule has 0 aliphatic carbocycles. The van der Waals surface area contributed by atoms with Crippen molar-refractivity contribution in [3.05, 3.63) is 34.8 Å². The molecular weight excluding hydrogens is 312 g/mol. The topological polar surface area (TPSA) is 55.5 Å². The van der Waals surface area contributed by atoms with E-state index < -0.39 is 5.76 Å². The number of para-hydroxylation sites is 2. The number of oxazole rings is 1. The number of hydrogen-bond acceptors (Lipinski definition) is 4. The first-order chi connectivity index (χ1) is 11.2. The maximum absolute atomic E-state index is 12.8. The Hall–Kier alpha value is -1.69. The largest absolute Gasteiger partial charge is 0.420 e. The number of thioether (sulfide) groups is 1. The van der Waals surface area contributed by atoms with Gasteiger partial charge in [-0.3, -0.25) is 9.36 Å². The van der Waals surface area contributed by atoms with Gasteiger partial charge in [0.2, 0.25) is 5.91 Å². The molecule has 2 saturated heterocycles. The SMILES string of the molecule is CSC1CC2CCC(C1)N2C(=O)Cn1c(=O)oc2ccccc21. The number of piperidine rings is 1. The third-order valence-electron chi connectivity index (χ3n) is 5.18. The molecule has 1 amide bonds. The number of fused-ring (bicyclic) bond motifs is 3. The Morgan fingerprint density at radius 1 is 1.26 bits per heavy atom. The molecule has 0 spiro atoms. The van der Waals surface area contributed by atoms with Gasteiger partial charge in [-0.2, -0.15) is 11.8 Å². The minimum Gasteiger partial charge on any atom is -0.408 e. The Morgan fingerprint density at radius 2 is 1.96 bits per heavy atom. The summed E-state index contributed by atoms with van der Waals surface area (Å²) in [5.41, 5.74) is 1.23. The van der Waals surface area contributed by atoms with Crippen molar-refractivity contribution in [2.24, 2.45) is 0 Å². The average molecular weight is 332 g/mol. The molecule has 1 aromatic heterocycles. The second kappa shape index (κ2) is 5.74. The summed E-state index contributed by atoms with van der Waals surface area (Å²) < 4.78 is 6.68. The average Bonchev–Trinajstić information content (AvgIpc) is 3.01. The number of carbonyl (C=O) groups excluding carboxylic acids is 1. The van der Waals surface area contributed by atoms with E-state index in [2.05, 4.69) is 6.26 Å². The van der Waals surface area contributed by atoms with Gasteiger partial charge in [-0.15, -0.1) is 0 Å². The fourth-order valence-electron chi connectivity index (χ4n) is 4.11. The van der Waals surface area contributed by atoms with Gasteiger partial charge in [0.25, 0.3) is 0 Å². The summed E-state index contributed by atoms with van der Waals surface area (Å²) in [5, 5.41) is 0.661. The summed E-state index contributed by atoms with van der Waals surface area (Å²) in [6.07, 6.45) is 6.48. The first-order valence-corrected chi connectivity index (χ1v) is 9.38. The molecule has 0 saturated carbocycles. The van der Waals surface area contributed by atoms with Crippen molar-refractivity contribution >= 4 is 28.8 Å². The maximum atomic E-state index is 12.8. The number of carbonyl (C=O) groups is 1. The van der Waals surface area contributed by atoms with Gasteiger partial charge in [-0.1, -0.05) is 12.1 Å². The number of hydrogen-bond donors (Lipinski definition) is 0. The molecule has 5 nitrogen and oxygen atoms in total. The third-order valence-corrected chi connectivity index (χ3v) is 6.23. The van der Waals surface area contributed by atoms with Crippen LogP contribution in [0.15, 0.2) is 33.5 Å². The van der Waals surface area contributed by atoms with E-state index in [9.17, 15) is 9.59 Å². The van der Waals surface area contributed by atoms with E-state index in [0.29, 0.717) is 28.4 Å². The molecule has 2 unspecified atom stereocenters. The predicted molar refractivity (Wildman–Crippen MR) is 90.7 cm³/mol. The number of benzene rings is 1. The van der Waals surface area contributed by atoms with E-state index in [-0.39, 0.29) is 12.5 Å². The molecule has 3 heterocycles. The molecule has 2 aliphatic rings. The van der Waals surface area contributed by atoms with Gasteiger partial charge in [-0.05, 0) is 44.1 Å². The molecule has 2 bridgehead atoms. The van der Waals surface area contributed by atoms with Crippen LogP contribution in [0.1, 0.15) is 25.7 Å². The molecule has 2 atom stereocenters. The normalized spacial score (nSPS) is 26.8. The Morgan fingerprint density at radius 3 is 2.65 bits per heavy atom. The summed E-state index contributed by atoms with van der Waals surface area (Å²) in [5.74, 6) is -0.406. The minimum absolute atomic E-state index is 0.0470. The van der Waals surface area contributed by atoms with Crippen LogP contribution < -0.4 is 5.76 Å². The summed E-state index contributed by atoms with van der Waals surface area (Å²) in [4.78, 5) is 26.9. The zero-order chi connectivity index (χ0) is 16.0. The fourth-order valence-corrected chi connectivity index (χ4v) is 4.94. The van der Waals surface area contributed by atoms with Gasteiger partial charge < -0.3 is 9.32 Å². The van der Waals surface area contributed by atoms with Crippen LogP contribution in [0.5, 0.6) is 0 Å². The van der Waals surface area contributed by atoms with Crippen LogP contribution in [0.25, 0.3) is 11.1 Å². The van der Waals surface area contributed by atoms with E-state index in [0.717, 1.165) is 25.7 Å². The third kappa shape index (κ3) is 2.49. The van der Waals surface area contributed by atoms with Crippen molar-refractivity contribution in [3.8, 4) is 0 Å². The van der Waals surface area contributed by atoms with Crippen molar-refractivity contribution < 1.29 is 9.21 Å². The first-order valence-electron chi connectivity index (χ1n) is 8.09. The smallest absolute Gasteiger partial charge is 0.408 e. The van der Waals surface area contributed by atoms with Gasteiger partial charge in [-0.25, -0.2) is 4.79 Å². The van der Waals surface area contributed by atoms with Gasteiger partial charge in [0.05, 0.1) is 5.52 Å². The molecule has 2 fully saturated rings. The monoisotopic (exact) mass is 332 g/mol. The lowest BCUT2D eigenvalue weighted by Crippen LogP contribution is -2.49. The van der Waals surface area contributed by atoms with Crippen LogP contribution >= 0.6 is 11.8 Å². The first kappa shape index (κ1) is 14.9. The zero-order valence-electron chi connectivity index (χ0n) is 13.1. The molecular formula is C17H20N2O3S. The molecule has 0 radical (unpaired) electrons. The van der Waals surface area contributed by atoms with Crippen LogP contribution in [0.2, 0.25) is 0 Å². The second-order valence-electron chi connectivity index (χ2n) is 6.44. The second-order valence-corrected chi connectivity index (χ2v) is 7.58. The van der Waals surface area contributed by atoms with E-state index in [1.54, 1.807) is 6.07 Å². The Bertz CT molecular complexity index is 782. The Labute approximate surface area is 138 Å². The molecule has 4 rings (SSSR count). The maximum Gasteiger partial charge on any atom is 0.420 e. The van der Waals surface area contributed by atoms with Gasteiger partial charge in [0.15, 0.2) is 5.58 Å². The van der Waals surface area contributed by atoms with Crippen molar-refractivity contribution in [3.63, 3.8) is 0 Å². The van der Waals surface area contributed by atoms with Gasteiger partial charge in [0.1, 0.15) is 6.54 Å². The lowest BCUT2D eigenvalue weighted by molar-refractivity contribution is -0.136. The van der Waals surface area contributed by atoms with Gasteiger partial charge in [0, 0.05) is 17.3 Å². The summed E-state index contributed by atoms with van der Waals surface area (Å²) in [6, 6.07) is 7.93. The number of amides is 1. The molecule has 122 valence electrons. The molecule has 23 heavy (non-hydrogen) atoms. The molecule has 6 heteroatoms. The highest BCUT2D eigenvalue weighted by molar-refractivity contribution is 7.99. The van der Waals surface area contributed by atoms with Crippen molar-refractivity contribution in [2.45, 2.75) is 49.6 Å². The van der Waals surface area contributed by atoms with Crippen molar-refractivity contribution in [1.29, 1.82) is 0 Å². The summed E-state index contributed by atoms with van der Waals surface area (Å²) in [6.45, 7) is 0.0762. The van der Waals surface area contributed by atoms with Crippen LogP contribution in [0.3, 0.4) is 0 Å². The molecule has 2 aromatic rings.